The van der Waals surface area contributed by atoms with Crippen molar-refractivity contribution in [3.63, 3.8) is 0 Å². The van der Waals surface area contributed by atoms with Crippen LogP contribution in [0.4, 0.5) is 0 Å². The number of carbonyl (C=O) groups is 2. The number of hydrogen-bond acceptors (Lipinski definition) is 2. The number of ketones is 2. The Balaban J connectivity index is 1.92. The molecule has 1 aliphatic rings. The van der Waals surface area contributed by atoms with Crippen LogP contribution in [0.5, 0.6) is 0 Å². The van der Waals surface area contributed by atoms with Crippen molar-refractivity contribution < 1.29 is 9.59 Å². The Morgan fingerprint density at radius 1 is 0.913 bits per heavy atom. The predicted molar refractivity (Wildman–Crippen MR) is 92.2 cm³/mol. The second-order valence-electron chi connectivity index (χ2n) is 6.13. The summed E-state index contributed by atoms with van der Waals surface area (Å²) in [4.78, 5) is 25.3. The van der Waals surface area contributed by atoms with E-state index in [4.69, 9.17) is 0 Å². The van der Waals surface area contributed by atoms with E-state index in [1.807, 2.05) is 36.4 Å². The fraction of sp³-hybridized carbons (Fsp3) is 0.238. The van der Waals surface area contributed by atoms with E-state index in [9.17, 15) is 9.59 Å². The molecule has 3 rings (SSSR count). The SMILES string of the molecule is CC(=O)C1(C(=O)c2ccccc2)CC=C(c2ccccc2)CC1. The van der Waals surface area contributed by atoms with Crippen LogP contribution in [0.2, 0.25) is 0 Å². The quantitative estimate of drug-likeness (QED) is 0.605. The monoisotopic (exact) mass is 304 g/mol. The zero-order valence-electron chi connectivity index (χ0n) is 13.3. The molecule has 0 amide bonds. The molecule has 1 aliphatic carbocycles. The number of Topliss-reactive ketones (excluding diaryl/α,β-unsaturated/α-hetero) is 2. The molecule has 0 saturated heterocycles. The van der Waals surface area contributed by atoms with Crippen molar-refractivity contribution in [3.8, 4) is 0 Å². The molecule has 0 aromatic heterocycles. The molecule has 0 bridgehead atoms. The van der Waals surface area contributed by atoms with Gasteiger partial charge >= 0.3 is 0 Å². The van der Waals surface area contributed by atoms with Crippen LogP contribution in [-0.4, -0.2) is 11.6 Å². The molecule has 0 spiro atoms. The highest BCUT2D eigenvalue weighted by atomic mass is 16.2. The van der Waals surface area contributed by atoms with Gasteiger partial charge in [0.1, 0.15) is 5.78 Å². The lowest BCUT2D eigenvalue weighted by Gasteiger charge is -2.33. The third-order valence-electron chi connectivity index (χ3n) is 4.81. The van der Waals surface area contributed by atoms with E-state index < -0.39 is 5.41 Å². The van der Waals surface area contributed by atoms with Gasteiger partial charge in [-0.1, -0.05) is 66.7 Å². The summed E-state index contributed by atoms with van der Waals surface area (Å²) in [6, 6.07) is 19.3. The van der Waals surface area contributed by atoms with E-state index in [0.29, 0.717) is 18.4 Å². The van der Waals surface area contributed by atoms with Crippen molar-refractivity contribution in [1.82, 2.24) is 0 Å². The minimum Gasteiger partial charge on any atom is -0.299 e. The van der Waals surface area contributed by atoms with E-state index in [1.54, 1.807) is 19.1 Å². The number of rotatable bonds is 4. The lowest BCUT2D eigenvalue weighted by Crippen LogP contribution is -2.39. The Bertz CT molecular complexity index is 744. The van der Waals surface area contributed by atoms with Gasteiger partial charge in [0.2, 0.25) is 0 Å². The number of allylic oxidation sites excluding steroid dienone is 2. The largest absolute Gasteiger partial charge is 0.299 e. The van der Waals surface area contributed by atoms with Crippen molar-refractivity contribution in [1.29, 1.82) is 0 Å². The van der Waals surface area contributed by atoms with Gasteiger partial charge in [0, 0.05) is 5.56 Å². The Labute approximate surface area is 136 Å². The fourth-order valence-electron chi connectivity index (χ4n) is 3.32. The zero-order chi connectivity index (χ0) is 16.3. The third kappa shape index (κ3) is 2.89. The highest BCUT2D eigenvalue weighted by Crippen LogP contribution is 2.41. The molecule has 2 aromatic rings. The molecular formula is C21H20O2. The Morgan fingerprint density at radius 2 is 1.52 bits per heavy atom. The first-order valence-electron chi connectivity index (χ1n) is 7.99. The molecule has 2 heteroatoms. The molecule has 0 aliphatic heterocycles. The molecular weight excluding hydrogens is 284 g/mol. The molecule has 2 aromatic carbocycles. The van der Waals surface area contributed by atoms with Gasteiger partial charge in [0.05, 0.1) is 5.41 Å². The van der Waals surface area contributed by atoms with Crippen LogP contribution in [0.3, 0.4) is 0 Å². The topological polar surface area (TPSA) is 34.1 Å². The summed E-state index contributed by atoms with van der Waals surface area (Å²) in [6.07, 6.45) is 3.89. The van der Waals surface area contributed by atoms with Gasteiger partial charge in [0.25, 0.3) is 0 Å². The maximum absolute atomic E-state index is 13.0. The van der Waals surface area contributed by atoms with Crippen molar-refractivity contribution in [3.05, 3.63) is 77.9 Å². The van der Waals surface area contributed by atoms with E-state index in [2.05, 4.69) is 18.2 Å². The minimum atomic E-state index is -0.903. The molecule has 116 valence electrons. The molecule has 0 N–H and O–H groups in total. The number of hydrogen-bond donors (Lipinski definition) is 0. The van der Waals surface area contributed by atoms with Crippen LogP contribution in [-0.2, 0) is 4.79 Å². The maximum atomic E-state index is 13.0. The molecule has 1 atom stereocenters. The van der Waals surface area contributed by atoms with Crippen LogP contribution in [0.1, 0.15) is 42.1 Å². The van der Waals surface area contributed by atoms with Gasteiger partial charge in [-0.3, -0.25) is 9.59 Å². The summed E-state index contributed by atoms with van der Waals surface area (Å²) < 4.78 is 0. The van der Waals surface area contributed by atoms with E-state index in [1.165, 1.54) is 11.1 Å². The number of benzene rings is 2. The summed E-state index contributed by atoms with van der Waals surface area (Å²) in [6.45, 7) is 1.54. The molecule has 0 saturated carbocycles. The Morgan fingerprint density at radius 3 is 2.04 bits per heavy atom. The molecule has 23 heavy (non-hydrogen) atoms. The summed E-state index contributed by atoms with van der Waals surface area (Å²) in [7, 11) is 0. The molecule has 0 fully saturated rings. The van der Waals surface area contributed by atoms with Crippen LogP contribution >= 0.6 is 0 Å². The molecule has 1 unspecified atom stereocenters. The van der Waals surface area contributed by atoms with Gasteiger partial charge in [-0.05, 0) is 37.3 Å². The van der Waals surface area contributed by atoms with Gasteiger partial charge in [-0.2, -0.15) is 0 Å². The van der Waals surface area contributed by atoms with Crippen molar-refractivity contribution >= 4 is 17.1 Å². The lowest BCUT2D eigenvalue weighted by atomic mass is 9.67. The Kier molecular flexibility index (Phi) is 4.24. The minimum absolute atomic E-state index is 0.0327. The highest BCUT2D eigenvalue weighted by Gasteiger charge is 2.43. The van der Waals surface area contributed by atoms with Crippen LogP contribution < -0.4 is 0 Å². The van der Waals surface area contributed by atoms with Crippen molar-refractivity contribution in [2.24, 2.45) is 5.41 Å². The smallest absolute Gasteiger partial charge is 0.176 e. The maximum Gasteiger partial charge on any atom is 0.176 e. The first kappa shape index (κ1) is 15.4. The highest BCUT2D eigenvalue weighted by molar-refractivity contribution is 6.14. The van der Waals surface area contributed by atoms with Crippen LogP contribution in [0, 0.1) is 5.41 Å². The Hall–Kier alpha value is -2.48. The fourth-order valence-corrected chi connectivity index (χ4v) is 3.32. The van der Waals surface area contributed by atoms with Gasteiger partial charge < -0.3 is 0 Å². The molecule has 0 radical (unpaired) electrons. The first-order valence-corrected chi connectivity index (χ1v) is 7.99. The van der Waals surface area contributed by atoms with E-state index in [0.717, 1.165) is 6.42 Å². The lowest BCUT2D eigenvalue weighted by molar-refractivity contribution is -0.124. The van der Waals surface area contributed by atoms with Gasteiger partial charge in [-0.15, -0.1) is 0 Å². The van der Waals surface area contributed by atoms with Gasteiger partial charge in [0.15, 0.2) is 5.78 Å². The third-order valence-corrected chi connectivity index (χ3v) is 4.81. The standard InChI is InChI=1S/C21H20O2/c1-16(22)21(20(23)19-10-6-3-7-11-19)14-12-18(13-15-21)17-8-4-2-5-9-17/h2-12H,13-15H2,1H3. The second kappa shape index (κ2) is 6.33. The summed E-state index contributed by atoms with van der Waals surface area (Å²) in [5.74, 6) is -0.0799. The van der Waals surface area contributed by atoms with Crippen molar-refractivity contribution in [2.75, 3.05) is 0 Å². The molecule has 2 nitrogen and oxygen atoms in total. The number of carbonyl (C=O) groups excluding carboxylic acids is 2. The average molecular weight is 304 g/mol. The van der Waals surface area contributed by atoms with E-state index >= 15 is 0 Å². The summed E-state index contributed by atoms with van der Waals surface area (Å²) >= 11 is 0. The van der Waals surface area contributed by atoms with E-state index in [-0.39, 0.29) is 11.6 Å². The summed E-state index contributed by atoms with van der Waals surface area (Å²) in [5, 5.41) is 0. The second-order valence-corrected chi connectivity index (χ2v) is 6.13. The van der Waals surface area contributed by atoms with Gasteiger partial charge in [-0.25, -0.2) is 0 Å². The van der Waals surface area contributed by atoms with Crippen molar-refractivity contribution in [2.45, 2.75) is 26.2 Å². The zero-order valence-corrected chi connectivity index (χ0v) is 13.3. The van der Waals surface area contributed by atoms with Crippen LogP contribution in [0.25, 0.3) is 5.57 Å². The molecule has 0 heterocycles. The summed E-state index contributed by atoms with van der Waals surface area (Å²) in [5.41, 5.74) is 2.12. The first-order chi connectivity index (χ1) is 11.1. The normalized spacial score (nSPS) is 20.7. The average Bonchev–Trinajstić information content (AvgIpc) is 2.62. The van der Waals surface area contributed by atoms with Crippen LogP contribution in [0.15, 0.2) is 66.7 Å². The predicted octanol–water partition coefficient (Wildman–Crippen LogP) is 4.71.